The molecule has 0 radical (unpaired) electrons. The molecule has 1 fully saturated rings. The van der Waals surface area contributed by atoms with Gasteiger partial charge < -0.3 is 15.1 Å². The van der Waals surface area contributed by atoms with Gasteiger partial charge in [-0.1, -0.05) is 31.0 Å². The zero-order chi connectivity index (χ0) is 13.7. The minimum atomic E-state index is -0.0687. The van der Waals surface area contributed by atoms with Crippen LogP contribution >= 0.6 is 0 Å². The highest BCUT2D eigenvalue weighted by Gasteiger charge is 2.25. The second kappa shape index (κ2) is 6.57. The molecule has 1 saturated heterocycles. The fourth-order valence-electron chi connectivity index (χ4n) is 2.62. The van der Waals surface area contributed by atoms with Crippen molar-refractivity contribution < 1.29 is 15.0 Å². The number of rotatable bonds is 3. The number of amides is 1. The average molecular weight is 263 g/mol. The van der Waals surface area contributed by atoms with Crippen molar-refractivity contribution in [2.24, 2.45) is 0 Å². The minimum Gasteiger partial charge on any atom is -0.508 e. The number of carbonyl (C=O) groups excluding carboxylic acids is 1. The van der Waals surface area contributed by atoms with Crippen LogP contribution in [0.2, 0.25) is 0 Å². The van der Waals surface area contributed by atoms with E-state index in [9.17, 15) is 15.0 Å². The summed E-state index contributed by atoms with van der Waals surface area (Å²) in [6.07, 6.45) is 4.22. The first-order valence-electron chi connectivity index (χ1n) is 6.89. The van der Waals surface area contributed by atoms with E-state index in [0.29, 0.717) is 12.1 Å². The number of aliphatic hydroxyl groups excluding tert-OH is 1. The summed E-state index contributed by atoms with van der Waals surface area (Å²) >= 11 is 0. The molecule has 2 N–H and O–H groups in total. The first kappa shape index (κ1) is 13.9. The van der Waals surface area contributed by atoms with Gasteiger partial charge in [0.05, 0.1) is 19.1 Å². The number of aliphatic hydroxyl groups is 1. The number of likely N-dealkylation sites (tertiary alicyclic amines) is 1. The van der Waals surface area contributed by atoms with Gasteiger partial charge in [-0.2, -0.15) is 0 Å². The van der Waals surface area contributed by atoms with Crippen LogP contribution < -0.4 is 0 Å². The van der Waals surface area contributed by atoms with Crippen LogP contribution in [0.25, 0.3) is 0 Å². The monoisotopic (exact) mass is 263 g/mol. The van der Waals surface area contributed by atoms with Crippen molar-refractivity contribution in [2.45, 2.75) is 38.1 Å². The van der Waals surface area contributed by atoms with E-state index < -0.39 is 0 Å². The molecule has 0 aliphatic carbocycles. The molecule has 1 amide bonds. The Balaban J connectivity index is 2.07. The molecule has 0 bridgehead atoms. The van der Waals surface area contributed by atoms with Crippen molar-refractivity contribution in [1.29, 1.82) is 0 Å². The van der Waals surface area contributed by atoms with Gasteiger partial charge in [0.2, 0.25) is 5.91 Å². The molecule has 1 aliphatic rings. The highest BCUT2D eigenvalue weighted by atomic mass is 16.3. The molecule has 19 heavy (non-hydrogen) atoms. The summed E-state index contributed by atoms with van der Waals surface area (Å²) in [5.74, 6) is 0.147. The maximum atomic E-state index is 12.3. The van der Waals surface area contributed by atoms with Crippen LogP contribution in [0, 0.1) is 0 Å². The van der Waals surface area contributed by atoms with Crippen molar-refractivity contribution in [3.05, 3.63) is 29.8 Å². The first-order valence-corrected chi connectivity index (χ1v) is 6.89. The highest BCUT2D eigenvalue weighted by molar-refractivity contribution is 5.79. The molecular weight excluding hydrogens is 242 g/mol. The molecule has 0 saturated carbocycles. The Bertz CT molecular complexity index is 433. The Morgan fingerprint density at radius 3 is 2.79 bits per heavy atom. The fourth-order valence-corrected chi connectivity index (χ4v) is 2.62. The molecule has 1 atom stereocenters. The van der Waals surface area contributed by atoms with Gasteiger partial charge in [0.25, 0.3) is 0 Å². The Hall–Kier alpha value is -1.55. The van der Waals surface area contributed by atoms with E-state index in [1.807, 2.05) is 6.07 Å². The lowest BCUT2D eigenvalue weighted by Gasteiger charge is -2.28. The quantitative estimate of drug-likeness (QED) is 0.872. The van der Waals surface area contributed by atoms with Gasteiger partial charge in [-0.15, -0.1) is 0 Å². The third-order valence-corrected chi connectivity index (χ3v) is 3.74. The largest absolute Gasteiger partial charge is 0.508 e. The number of aromatic hydroxyl groups is 1. The number of para-hydroxylation sites is 1. The van der Waals surface area contributed by atoms with Crippen molar-refractivity contribution in [3.8, 4) is 5.75 Å². The molecule has 4 heteroatoms. The number of benzene rings is 1. The maximum absolute atomic E-state index is 12.3. The number of hydrogen-bond donors (Lipinski definition) is 2. The standard InChI is InChI=1S/C15H21NO3/c17-11-13-7-2-1-5-9-16(13)15(19)10-12-6-3-4-8-14(12)18/h3-4,6,8,13,17-18H,1-2,5,7,9-11H2. The number of hydrogen-bond acceptors (Lipinski definition) is 3. The van der Waals surface area contributed by atoms with Crippen LogP contribution in [0.1, 0.15) is 31.2 Å². The summed E-state index contributed by atoms with van der Waals surface area (Å²) in [5.41, 5.74) is 0.647. The predicted molar refractivity (Wildman–Crippen MR) is 72.9 cm³/mol. The van der Waals surface area contributed by atoms with Crippen LogP contribution in [0.4, 0.5) is 0 Å². The first-order chi connectivity index (χ1) is 9.22. The second-order valence-corrected chi connectivity index (χ2v) is 5.08. The van der Waals surface area contributed by atoms with Crippen LogP contribution in [-0.4, -0.2) is 40.2 Å². The molecule has 2 rings (SSSR count). The van der Waals surface area contributed by atoms with Crippen molar-refractivity contribution >= 4 is 5.91 Å². The van der Waals surface area contributed by atoms with Gasteiger partial charge in [-0.25, -0.2) is 0 Å². The molecule has 0 aromatic heterocycles. The lowest BCUT2D eigenvalue weighted by atomic mass is 10.1. The van der Waals surface area contributed by atoms with E-state index in [4.69, 9.17) is 0 Å². The number of phenols is 1. The lowest BCUT2D eigenvalue weighted by Crippen LogP contribution is -2.42. The molecule has 4 nitrogen and oxygen atoms in total. The summed E-state index contributed by atoms with van der Waals surface area (Å²) in [6.45, 7) is 0.726. The smallest absolute Gasteiger partial charge is 0.227 e. The summed E-state index contributed by atoms with van der Waals surface area (Å²) in [5, 5.41) is 19.1. The predicted octanol–water partition coefficient (Wildman–Crippen LogP) is 1.70. The van der Waals surface area contributed by atoms with Gasteiger partial charge in [0, 0.05) is 12.1 Å². The maximum Gasteiger partial charge on any atom is 0.227 e. The summed E-state index contributed by atoms with van der Waals surface area (Å²) in [4.78, 5) is 14.1. The van der Waals surface area contributed by atoms with Crippen LogP contribution in [0.3, 0.4) is 0 Å². The lowest BCUT2D eigenvalue weighted by molar-refractivity contribution is -0.133. The Labute approximate surface area is 113 Å². The Kier molecular flexibility index (Phi) is 4.80. The molecule has 1 unspecified atom stereocenters. The summed E-state index contributed by atoms with van der Waals surface area (Å²) in [6, 6.07) is 6.84. The zero-order valence-electron chi connectivity index (χ0n) is 11.1. The third-order valence-electron chi connectivity index (χ3n) is 3.74. The van der Waals surface area contributed by atoms with Crippen molar-refractivity contribution in [2.75, 3.05) is 13.2 Å². The number of phenolic OH excluding ortho intramolecular Hbond substituents is 1. The van der Waals surface area contributed by atoms with Gasteiger partial charge in [0.1, 0.15) is 5.75 Å². The zero-order valence-corrected chi connectivity index (χ0v) is 11.1. The minimum absolute atomic E-state index is 0.0116. The van der Waals surface area contributed by atoms with E-state index in [1.165, 1.54) is 0 Å². The third kappa shape index (κ3) is 3.47. The molecule has 1 aromatic carbocycles. The van der Waals surface area contributed by atoms with E-state index >= 15 is 0 Å². The normalized spacial score (nSPS) is 20.1. The Morgan fingerprint density at radius 1 is 1.26 bits per heavy atom. The Morgan fingerprint density at radius 2 is 2.05 bits per heavy atom. The molecule has 1 heterocycles. The van der Waals surface area contributed by atoms with E-state index in [-0.39, 0.29) is 30.7 Å². The fraction of sp³-hybridized carbons (Fsp3) is 0.533. The van der Waals surface area contributed by atoms with E-state index in [1.54, 1.807) is 23.1 Å². The van der Waals surface area contributed by atoms with Crippen molar-refractivity contribution in [1.82, 2.24) is 4.90 Å². The number of carbonyl (C=O) groups is 1. The van der Waals surface area contributed by atoms with Crippen molar-refractivity contribution in [3.63, 3.8) is 0 Å². The molecule has 0 spiro atoms. The van der Waals surface area contributed by atoms with E-state index in [0.717, 1.165) is 25.7 Å². The summed E-state index contributed by atoms with van der Waals surface area (Å²) < 4.78 is 0. The van der Waals surface area contributed by atoms with Gasteiger partial charge in [-0.05, 0) is 18.9 Å². The molecule has 104 valence electrons. The molecular formula is C15H21NO3. The van der Waals surface area contributed by atoms with Crippen LogP contribution in [0.5, 0.6) is 5.75 Å². The van der Waals surface area contributed by atoms with Gasteiger partial charge in [-0.3, -0.25) is 4.79 Å². The van der Waals surface area contributed by atoms with Crippen LogP contribution in [0.15, 0.2) is 24.3 Å². The van der Waals surface area contributed by atoms with Crippen LogP contribution in [-0.2, 0) is 11.2 Å². The SMILES string of the molecule is O=C(Cc1ccccc1O)N1CCCCCC1CO. The van der Waals surface area contributed by atoms with E-state index in [2.05, 4.69) is 0 Å². The highest BCUT2D eigenvalue weighted by Crippen LogP contribution is 2.21. The van der Waals surface area contributed by atoms with Gasteiger partial charge >= 0.3 is 0 Å². The van der Waals surface area contributed by atoms with Gasteiger partial charge in [0.15, 0.2) is 0 Å². The topological polar surface area (TPSA) is 60.8 Å². The number of nitrogens with zero attached hydrogens (tertiary/aromatic N) is 1. The molecule has 1 aromatic rings. The second-order valence-electron chi connectivity index (χ2n) is 5.08. The summed E-state index contributed by atoms with van der Waals surface area (Å²) in [7, 11) is 0. The molecule has 1 aliphatic heterocycles. The average Bonchev–Trinajstić information content (AvgIpc) is 2.66.